The highest BCUT2D eigenvalue weighted by Crippen LogP contribution is 2.26. The third-order valence-corrected chi connectivity index (χ3v) is 5.88. The third kappa shape index (κ3) is 4.06. The maximum absolute atomic E-state index is 12.9. The molecule has 0 fully saturated rings. The van der Waals surface area contributed by atoms with Gasteiger partial charge in [-0.1, -0.05) is 6.07 Å². The number of aromatic nitrogens is 3. The summed E-state index contributed by atoms with van der Waals surface area (Å²) in [6.07, 6.45) is 6.42. The van der Waals surface area contributed by atoms with E-state index in [1.165, 1.54) is 0 Å². The van der Waals surface area contributed by atoms with E-state index in [4.69, 9.17) is 4.74 Å². The van der Waals surface area contributed by atoms with Crippen molar-refractivity contribution >= 4 is 17.5 Å². The van der Waals surface area contributed by atoms with Gasteiger partial charge in [-0.15, -0.1) is 0 Å². The molecule has 8 nitrogen and oxygen atoms in total. The fourth-order valence-electron chi connectivity index (χ4n) is 4.15. The van der Waals surface area contributed by atoms with E-state index < -0.39 is 0 Å². The number of amides is 2. The van der Waals surface area contributed by atoms with Crippen LogP contribution in [0.3, 0.4) is 0 Å². The molecule has 4 heterocycles. The molecule has 2 aliphatic heterocycles. The van der Waals surface area contributed by atoms with Crippen molar-refractivity contribution in [2.45, 2.75) is 32.6 Å². The van der Waals surface area contributed by atoms with E-state index in [1.807, 2.05) is 22.9 Å². The molecule has 2 aromatic heterocycles. The van der Waals surface area contributed by atoms with Gasteiger partial charge in [0, 0.05) is 31.2 Å². The number of carbonyl (C=O) groups is 2. The number of hydrogen-bond acceptors (Lipinski definition) is 5. The van der Waals surface area contributed by atoms with Crippen molar-refractivity contribution in [2.24, 2.45) is 5.92 Å². The van der Waals surface area contributed by atoms with Crippen LogP contribution in [0, 0.1) is 5.92 Å². The van der Waals surface area contributed by atoms with E-state index in [9.17, 15) is 9.59 Å². The summed E-state index contributed by atoms with van der Waals surface area (Å²) in [5, 5.41) is 10.4. The van der Waals surface area contributed by atoms with Crippen molar-refractivity contribution in [3.63, 3.8) is 0 Å². The Balaban J connectivity index is 1.24. The van der Waals surface area contributed by atoms with Crippen LogP contribution in [-0.2, 0) is 30.9 Å². The summed E-state index contributed by atoms with van der Waals surface area (Å²) in [5.41, 5.74) is 5.07. The molecule has 0 saturated carbocycles. The van der Waals surface area contributed by atoms with E-state index in [0.29, 0.717) is 37.3 Å². The molecule has 158 valence electrons. The zero-order chi connectivity index (χ0) is 21.2. The molecule has 0 radical (unpaired) electrons. The fraction of sp³-hybridized carbons (Fsp3) is 0.304. The Kier molecular flexibility index (Phi) is 5.21. The van der Waals surface area contributed by atoms with Crippen molar-refractivity contribution in [3.8, 4) is 0 Å². The second-order valence-electron chi connectivity index (χ2n) is 7.97. The molecule has 2 N–H and O–H groups in total. The van der Waals surface area contributed by atoms with Gasteiger partial charge < -0.3 is 15.4 Å². The van der Waals surface area contributed by atoms with Gasteiger partial charge in [0.15, 0.2) is 0 Å². The minimum absolute atomic E-state index is 0.134. The fourth-order valence-corrected chi connectivity index (χ4v) is 4.15. The Labute approximate surface area is 179 Å². The van der Waals surface area contributed by atoms with Gasteiger partial charge in [-0.3, -0.25) is 19.3 Å². The summed E-state index contributed by atoms with van der Waals surface area (Å²) in [5.74, 6) is -0.0561. The first-order valence-electron chi connectivity index (χ1n) is 10.4. The molecule has 31 heavy (non-hydrogen) atoms. The number of rotatable bonds is 5. The minimum Gasteiger partial charge on any atom is -0.372 e. The molecule has 2 amide bonds. The Bertz CT molecular complexity index is 1130. The van der Waals surface area contributed by atoms with E-state index in [0.717, 1.165) is 35.5 Å². The molecule has 1 aromatic carbocycles. The van der Waals surface area contributed by atoms with Crippen LogP contribution >= 0.6 is 0 Å². The summed E-state index contributed by atoms with van der Waals surface area (Å²) in [7, 11) is 0. The van der Waals surface area contributed by atoms with E-state index in [2.05, 4.69) is 20.7 Å². The maximum atomic E-state index is 12.9. The molecule has 1 atom stereocenters. The Hall–Kier alpha value is -3.52. The molecule has 5 rings (SSSR count). The van der Waals surface area contributed by atoms with Crippen LogP contribution in [0.15, 0.2) is 48.9 Å². The normalized spacial score (nSPS) is 17.0. The lowest BCUT2D eigenvalue weighted by Crippen LogP contribution is -2.33. The van der Waals surface area contributed by atoms with Crippen molar-refractivity contribution in [2.75, 3.05) is 11.9 Å². The number of carbonyl (C=O) groups excluding carboxylic acids is 2. The molecule has 0 saturated heterocycles. The van der Waals surface area contributed by atoms with Gasteiger partial charge in [-0.2, -0.15) is 5.10 Å². The Morgan fingerprint density at radius 1 is 1.13 bits per heavy atom. The van der Waals surface area contributed by atoms with Crippen molar-refractivity contribution in [3.05, 3.63) is 76.9 Å². The molecule has 1 unspecified atom stereocenters. The topological polar surface area (TPSA) is 98.1 Å². The van der Waals surface area contributed by atoms with E-state index in [1.54, 1.807) is 30.7 Å². The van der Waals surface area contributed by atoms with Gasteiger partial charge in [-0.05, 0) is 54.2 Å². The molecule has 0 spiro atoms. The van der Waals surface area contributed by atoms with Crippen LogP contribution in [0.1, 0.15) is 44.0 Å². The lowest BCUT2D eigenvalue weighted by molar-refractivity contribution is 0.0942. The SMILES string of the molecule is O=C(NCC1CCn2ncc(C(=O)Nc3ccc4c(c3)COC4)c2C1)c1cccnc1. The van der Waals surface area contributed by atoms with Crippen molar-refractivity contribution in [1.29, 1.82) is 0 Å². The highest BCUT2D eigenvalue weighted by molar-refractivity contribution is 6.05. The molecular weight excluding hydrogens is 394 g/mol. The lowest BCUT2D eigenvalue weighted by atomic mass is 9.94. The number of nitrogens with one attached hydrogen (secondary N) is 2. The van der Waals surface area contributed by atoms with Gasteiger partial charge in [0.2, 0.25) is 0 Å². The van der Waals surface area contributed by atoms with Gasteiger partial charge >= 0.3 is 0 Å². The second-order valence-corrected chi connectivity index (χ2v) is 7.97. The largest absolute Gasteiger partial charge is 0.372 e. The zero-order valence-electron chi connectivity index (χ0n) is 17.0. The second kappa shape index (κ2) is 8.31. The van der Waals surface area contributed by atoms with Crippen LogP contribution in [0.2, 0.25) is 0 Å². The van der Waals surface area contributed by atoms with Crippen LogP contribution in [0.25, 0.3) is 0 Å². The van der Waals surface area contributed by atoms with Crippen LogP contribution in [0.4, 0.5) is 5.69 Å². The van der Waals surface area contributed by atoms with Gasteiger partial charge in [0.25, 0.3) is 11.8 Å². The monoisotopic (exact) mass is 417 g/mol. The van der Waals surface area contributed by atoms with E-state index in [-0.39, 0.29) is 17.7 Å². The number of aryl methyl sites for hydroxylation is 1. The minimum atomic E-state index is -0.167. The molecule has 3 aromatic rings. The Morgan fingerprint density at radius 2 is 2.03 bits per heavy atom. The number of fused-ring (bicyclic) bond motifs is 2. The lowest BCUT2D eigenvalue weighted by Gasteiger charge is -2.24. The number of pyridine rings is 1. The van der Waals surface area contributed by atoms with Crippen LogP contribution in [-0.4, -0.2) is 33.1 Å². The number of nitrogens with zero attached hydrogens (tertiary/aromatic N) is 3. The first kappa shape index (κ1) is 19.4. The molecule has 0 aliphatic carbocycles. The van der Waals surface area contributed by atoms with Gasteiger partial charge in [-0.25, -0.2) is 0 Å². The first-order valence-corrected chi connectivity index (χ1v) is 10.4. The molecule has 0 bridgehead atoms. The third-order valence-electron chi connectivity index (χ3n) is 5.88. The van der Waals surface area contributed by atoms with Gasteiger partial charge in [0.05, 0.1) is 36.2 Å². The quantitative estimate of drug-likeness (QED) is 0.665. The summed E-state index contributed by atoms with van der Waals surface area (Å²) in [4.78, 5) is 29.2. The zero-order valence-corrected chi connectivity index (χ0v) is 17.0. The summed E-state index contributed by atoms with van der Waals surface area (Å²) < 4.78 is 7.34. The summed E-state index contributed by atoms with van der Waals surface area (Å²) >= 11 is 0. The summed E-state index contributed by atoms with van der Waals surface area (Å²) in [6.45, 7) is 2.48. The predicted octanol–water partition coefficient (Wildman–Crippen LogP) is 2.55. The molecular formula is C23H23N5O3. The van der Waals surface area contributed by atoms with Crippen molar-refractivity contribution < 1.29 is 14.3 Å². The number of hydrogen-bond donors (Lipinski definition) is 2. The standard InChI is InChI=1S/C23H23N5O3/c29-22(16-2-1-6-24-11-16)25-10-15-5-7-28-21(8-15)20(12-26-28)23(30)27-19-4-3-17-13-31-14-18(17)9-19/h1-4,6,9,11-12,15H,5,7-8,10,13-14H2,(H,25,29)(H,27,30). The number of anilines is 1. The first-order chi connectivity index (χ1) is 15.2. The van der Waals surface area contributed by atoms with Crippen LogP contribution in [0.5, 0.6) is 0 Å². The predicted molar refractivity (Wildman–Crippen MR) is 113 cm³/mol. The highest BCUT2D eigenvalue weighted by Gasteiger charge is 2.26. The average Bonchev–Trinajstić information content (AvgIpc) is 3.44. The van der Waals surface area contributed by atoms with Crippen LogP contribution < -0.4 is 10.6 Å². The Morgan fingerprint density at radius 3 is 2.90 bits per heavy atom. The molecule has 8 heteroatoms. The highest BCUT2D eigenvalue weighted by atomic mass is 16.5. The van der Waals surface area contributed by atoms with E-state index >= 15 is 0 Å². The van der Waals surface area contributed by atoms with Crippen molar-refractivity contribution in [1.82, 2.24) is 20.1 Å². The number of benzene rings is 1. The maximum Gasteiger partial charge on any atom is 0.259 e. The molecule has 2 aliphatic rings. The smallest absolute Gasteiger partial charge is 0.259 e. The number of ether oxygens (including phenoxy) is 1. The summed E-state index contributed by atoms with van der Waals surface area (Å²) in [6, 6.07) is 9.34. The van der Waals surface area contributed by atoms with Gasteiger partial charge in [0.1, 0.15) is 0 Å². The average molecular weight is 417 g/mol.